The van der Waals surface area contributed by atoms with Crippen molar-refractivity contribution >= 4 is 22.7 Å². The molecule has 1 aromatic rings. The summed E-state index contributed by atoms with van der Waals surface area (Å²) >= 11 is 0. The van der Waals surface area contributed by atoms with Gasteiger partial charge in [0, 0.05) is 17.3 Å². The smallest absolute Gasteiger partial charge is 0.328 e. The lowest BCUT2D eigenvalue weighted by molar-refractivity contribution is -0.145. The Kier molecular flexibility index (Phi) is 6.73. The second-order valence-electron chi connectivity index (χ2n) is 5.30. The summed E-state index contributed by atoms with van der Waals surface area (Å²) in [6.45, 7) is 0.925. The fourth-order valence-electron chi connectivity index (χ4n) is 2.34. The lowest BCUT2D eigenvalue weighted by Crippen LogP contribution is -2.45. The van der Waals surface area contributed by atoms with Gasteiger partial charge in [-0.2, -0.15) is 0 Å². The SMILES string of the molecule is COC(=O)[C@@H](CC[S@](=O)c1ccccc1)NC(=O)[C@@H]1CCOC1. The Hall–Kier alpha value is -1.73. The average molecular weight is 339 g/mol. The molecule has 1 aliphatic rings. The van der Waals surface area contributed by atoms with E-state index < -0.39 is 22.8 Å². The Morgan fingerprint density at radius 2 is 2.13 bits per heavy atom. The number of esters is 1. The highest BCUT2D eigenvalue weighted by Gasteiger charge is 2.28. The number of carbonyl (C=O) groups excluding carboxylic acids is 2. The van der Waals surface area contributed by atoms with Gasteiger partial charge in [-0.05, 0) is 25.0 Å². The summed E-state index contributed by atoms with van der Waals surface area (Å²) in [6, 6.07) is 8.23. The molecule has 1 aliphatic heterocycles. The zero-order valence-electron chi connectivity index (χ0n) is 13.0. The monoisotopic (exact) mass is 339 g/mol. The average Bonchev–Trinajstić information content (AvgIpc) is 3.13. The van der Waals surface area contributed by atoms with Crippen molar-refractivity contribution in [1.29, 1.82) is 0 Å². The molecule has 3 atom stereocenters. The van der Waals surface area contributed by atoms with E-state index in [1.165, 1.54) is 7.11 Å². The first kappa shape index (κ1) is 17.6. The molecule has 23 heavy (non-hydrogen) atoms. The van der Waals surface area contributed by atoms with Crippen molar-refractivity contribution in [3.63, 3.8) is 0 Å². The van der Waals surface area contributed by atoms with Crippen LogP contribution in [0.25, 0.3) is 0 Å². The van der Waals surface area contributed by atoms with Crippen molar-refractivity contribution in [1.82, 2.24) is 5.32 Å². The number of ether oxygens (including phenoxy) is 2. The maximum atomic E-state index is 12.2. The van der Waals surface area contributed by atoms with Crippen LogP contribution >= 0.6 is 0 Å². The third-order valence-corrected chi connectivity index (χ3v) is 5.11. The Morgan fingerprint density at radius 1 is 1.39 bits per heavy atom. The highest BCUT2D eigenvalue weighted by atomic mass is 32.2. The molecule has 1 aromatic carbocycles. The molecule has 7 heteroatoms. The van der Waals surface area contributed by atoms with Crippen LogP contribution in [0.5, 0.6) is 0 Å². The van der Waals surface area contributed by atoms with E-state index in [0.717, 1.165) is 0 Å². The molecule has 6 nitrogen and oxygen atoms in total. The molecule has 0 aromatic heterocycles. The summed E-state index contributed by atoms with van der Waals surface area (Å²) in [5.41, 5.74) is 0. The highest BCUT2D eigenvalue weighted by Crippen LogP contribution is 2.13. The van der Waals surface area contributed by atoms with Crippen LogP contribution < -0.4 is 5.32 Å². The van der Waals surface area contributed by atoms with Crippen molar-refractivity contribution < 1.29 is 23.3 Å². The van der Waals surface area contributed by atoms with Crippen LogP contribution in [0.15, 0.2) is 35.2 Å². The van der Waals surface area contributed by atoms with E-state index in [9.17, 15) is 13.8 Å². The fraction of sp³-hybridized carbons (Fsp3) is 0.500. The molecule has 1 N–H and O–H groups in total. The summed E-state index contributed by atoms with van der Waals surface area (Å²) in [5, 5.41) is 2.69. The maximum Gasteiger partial charge on any atom is 0.328 e. The molecule has 1 fully saturated rings. The van der Waals surface area contributed by atoms with Gasteiger partial charge in [0.1, 0.15) is 6.04 Å². The third-order valence-electron chi connectivity index (χ3n) is 3.70. The van der Waals surface area contributed by atoms with E-state index in [1.54, 1.807) is 12.1 Å². The largest absolute Gasteiger partial charge is 0.467 e. The Balaban J connectivity index is 1.91. The van der Waals surface area contributed by atoms with Gasteiger partial charge in [0.25, 0.3) is 0 Å². The molecule has 0 spiro atoms. The summed E-state index contributed by atoms with van der Waals surface area (Å²) in [4.78, 5) is 24.7. The predicted molar refractivity (Wildman–Crippen MR) is 85.2 cm³/mol. The molecular weight excluding hydrogens is 318 g/mol. The predicted octanol–water partition coefficient (Wildman–Crippen LogP) is 0.879. The molecule has 126 valence electrons. The number of hydrogen-bond donors (Lipinski definition) is 1. The molecule has 1 heterocycles. The van der Waals surface area contributed by atoms with E-state index >= 15 is 0 Å². The van der Waals surface area contributed by atoms with Crippen LogP contribution in [-0.2, 0) is 29.9 Å². The minimum atomic E-state index is -1.22. The van der Waals surface area contributed by atoms with Crippen molar-refractivity contribution in [3.8, 4) is 0 Å². The first-order valence-electron chi connectivity index (χ1n) is 7.51. The van der Waals surface area contributed by atoms with Gasteiger partial charge < -0.3 is 14.8 Å². The van der Waals surface area contributed by atoms with Gasteiger partial charge in [-0.15, -0.1) is 0 Å². The summed E-state index contributed by atoms with van der Waals surface area (Å²) in [7, 11) is 0.0491. The van der Waals surface area contributed by atoms with Crippen LogP contribution in [0.3, 0.4) is 0 Å². The van der Waals surface area contributed by atoms with Crippen LogP contribution in [0.4, 0.5) is 0 Å². The molecule has 0 saturated carbocycles. The zero-order valence-corrected chi connectivity index (χ0v) is 13.8. The summed E-state index contributed by atoms with van der Waals surface area (Å²) in [5.74, 6) is -0.710. The number of hydrogen-bond acceptors (Lipinski definition) is 5. The number of carbonyl (C=O) groups is 2. The number of benzene rings is 1. The quantitative estimate of drug-likeness (QED) is 0.746. The van der Waals surface area contributed by atoms with E-state index in [-0.39, 0.29) is 24.0 Å². The van der Waals surface area contributed by atoms with Gasteiger partial charge in [-0.1, -0.05) is 18.2 Å². The Labute approximate surface area is 138 Å². The molecular formula is C16H21NO5S. The minimum Gasteiger partial charge on any atom is -0.467 e. The number of methoxy groups -OCH3 is 1. The number of rotatable bonds is 7. The van der Waals surface area contributed by atoms with Crippen LogP contribution in [0, 0.1) is 5.92 Å². The van der Waals surface area contributed by atoms with E-state index in [1.807, 2.05) is 18.2 Å². The van der Waals surface area contributed by atoms with Gasteiger partial charge in [0.2, 0.25) is 5.91 Å². The lowest BCUT2D eigenvalue weighted by atomic mass is 10.1. The van der Waals surface area contributed by atoms with E-state index in [4.69, 9.17) is 9.47 Å². The molecule has 0 bridgehead atoms. The van der Waals surface area contributed by atoms with Gasteiger partial charge in [-0.25, -0.2) is 4.79 Å². The van der Waals surface area contributed by atoms with Gasteiger partial charge in [-0.3, -0.25) is 9.00 Å². The van der Waals surface area contributed by atoms with Crippen molar-refractivity contribution in [3.05, 3.63) is 30.3 Å². The minimum absolute atomic E-state index is 0.219. The lowest BCUT2D eigenvalue weighted by Gasteiger charge is -2.18. The normalized spacial score (nSPS) is 19.8. The second-order valence-corrected chi connectivity index (χ2v) is 6.87. The number of nitrogens with one attached hydrogen (secondary N) is 1. The van der Waals surface area contributed by atoms with Crippen LogP contribution in [0.1, 0.15) is 12.8 Å². The van der Waals surface area contributed by atoms with E-state index in [2.05, 4.69) is 5.32 Å². The van der Waals surface area contributed by atoms with Gasteiger partial charge in [0.05, 0.1) is 30.4 Å². The van der Waals surface area contributed by atoms with Crippen molar-refractivity contribution in [2.75, 3.05) is 26.1 Å². The van der Waals surface area contributed by atoms with Crippen molar-refractivity contribution in [2.45, 2.75) is 23.8 Å². The second kappa shape index (κ2) is 8.79. The Morgan fingerprint density at radius 3 is 2.74 bits per heavy atom. The first-order valence-corrected chi connectivity index (χ1v) is 8.83. The molecule has 1 amide bonds. The third kappa shape index (κ3) is 5.14. The molecule has 0 aliphatic carbocycles. The van der Waals surface area contributed by atoms with Crippen LogP contribution in [-0.4, -0.2) is 48.2 Å². The van der Waals surface area contributed by atoms with Gasteiger partial charge in [0.15, 0.2) is 0 Å². The molecule has 0 unspecified atom stereocenters. The van der Waals surface area contributed by atoms with Crippen LogP contribution in [0.2, 0.25) is 0 Å². The zero-order chi connectivity index (χ0) is 16.7. The van der Waals surface area contributed by atoms with E-state index in [0.29, 0.717) is 24.5 Å². The molecule has 1 saturated heterocycles. The summed E-state index contributed by atoms with van der Waals surface area (Å²) in [6.07, 6.45) is 0.906. The molecule has 2 rings (SSSR count). The highest BCUT2D eigenvalue weighted by molar-refractivity contribution is 7.85. The topological polar surface area (TPSA) is 81.7 Å². The molecule has 0 radical (unpaired) electrons. The van der Waals surface area contributed by atoms with Gasteiger partial charge >= 0.3 is 5.97 Å². The van der Waals surface area contributed by atoms with Crippen molar-refractivity contribution in [2.24, 2.45) is 5.92 Å². The number of amides is 1. The standard InChI is InChI=1S/C16H21NO5S/c1-21-16(19)14(17-15(18)12-7-9-22-11-12)8-10-23(20)13-5-3-2-4-6-13/h2-6,12,14H,7-11H2,1H3,(H,17,18)/t12-,14-,23+/m1/s1. The first-order chi connectivity index (χ1) is 11.1. The summed E-state index contributed by atoms with van der Waals surface area (Å²) < 4.78 is 22.1. The Bertz CT molecular complexity index is 557. The fourth-order valence-corrected chi connectivity index (χ4v) is 3.48. The maximum absolute atomic E-state index is 12.2.